The van der Waals surface area contributed by atoms with Gasteiger partial charge in [-0.05, 0) is 48.4 Å². The van der Waals surface area contributed by atoms with Crippen LogP contribution in [0.4, 0.5) is 5.00 Å². The lowest BCUT2D eigenvalue weighted by Gasteiger charge is -2.22. The fraction of sp³-hybridized carbons (Fsp3) is 0.227. The van der Waals surface area contributed by atoms with Gasteiger partial charge in [-0.25, -0.2) is 4.79 Å². The summed E-state index contributed by atoms with van der Waals surface area (Å²) in [7, 11) is 0. The lowest BCUT2D eigenvalue weighted by Crippen LogP contribution is -2.20. The molecule has 0 saturated heterocycles. The summed E-state index contributed by atoms with van der Waals surface area (Å²) in [6, 6.07) is 15.6. The minimum atomic E-state index is -0.707. The van der Waals surface area contributed by atoms with Crippen molar-refractivity contribution in [3.8, 4) is 6.07 Å². The second-order valence-corrected chi connectivity index (χ2v) is 7.88. The highest BCUT2D eigenvalue weighted by Crippen LogP contribution is 2.42. The number of nitriles is 1. The highest BCUT2D eigenvalue weighted by atomic mass is 32.1. The number of benzene rings is 1. The van der Waals surface area contributed by atoms with Crippen molar-refractivity contribution in [1.29, 1.82) is 5.26 Å². The zero-order valence-corrected chi connectivity index (χ0v) is 16.3. The van der Waals surface area contributed by atoms with Crippen molar-refractivity contribution in [2.45, 2.75) is 25.2 Å². The molecule has 0 bridgehead atoms. The number of carbonyl (C=O) groups is 2. The molecule has 1 aliphatic carbocycles. The van der Waals surface area contributed by atoms with Crippen molar-refractivity contribution < 1.29 is 18.7 Å². The highest BCUT2D eigenvalue weighted by Gasteiger charge is 2.27. The first kappa shape index (κ1) is 19.0. The van der Waals surface area contributed by atoms with Gasteiger partial charge in [-0.2, -0.15) is 5.26 Å². The molecule has 0 radical (unpaired) electrons. The first-order valence-corrected chi connectivity index (χ1v) is 10.1. The van der Waals surface area contributed by atoms with Crippen molar-refractivity contribution in [2.24, 2.45) is 0 Å². The van der Waals surface area contributed by atoms with Crippen LogP contribution in [0.1, 0.15) is 44.5 Å². The second-order valence-electron chi connectivity index (χ2n) is 6.77. The molecule has 1 N–H and O–H groups in total. The number of hydrogen-bond donors (Lipinski definition) is 1. The van der Waals surface area contributed by atoms with Crippen molar-refractivity contribution in [3.05, 3.63) is 76.1 Å². The van der Waals surface area contributed by atoms with E-state index in [1.165, 1.54) is 29.2 Å². The lowest BCUT2D eigenvalue weighted by molar-refractivity contribution is -0.119. The van der Waals surface area contributed by atoms with Gasteiger partial charge < -0.3 is 14.5 Å². The largest absolute Gasteiger partial charge is 0.457 e. The van der Waals surface area contributed by atoms with Crippen LogP contribution in [-0.2, 0) is 22.4 Å². The van der Waals surface area contributed by atoms with Crippen LogP contribution >= 0.6 is 11.3 Å². The molecule has 2 aromatic heterocycles. The van der Waals surface area contributed by atoms with Crippen molar-refractivity contribution >= 4 is 28.2 Å². The van der Waals surface area contributed by atoms with Gasteiger partial charge in [0.2, 0.25) is 5.76 Å². The number of amides is 1. The Balaban J connectivity index is 1.44. The number of ether oxygens (including phenoxy) is 1. The number of fused-ring (bicyclic) bond motifs is 1. The van der Waals surface area contributed by atoms with Crippen LogP contribution in [0.5, 0.6) is 0 Å². The van der Waals surface area contributed by atoms with Crippen LogP contribution in [0.15, 0.2) is 53.1 Å². The molecule has 1 aromatic carbocycles. The lowest BCUT2D eigenvalue weighted by atomic mass is 9.83. The van der Waals surface area contributed by atoms with Gasteiger partial charge in [0.05, 0.1) is 11.8 Å². The summed E-state index contributed by atoms with van der Waals surface area (Å²) < 4.78 is 9.88. The first-order chi connectivity index (χ1) is 14.2. The standard InChI is InChI=1S/C22H18N2O4S/c23-12-17-16-9-8-15(14-5-2-1-3-6-14)11-19(16)29-21(17)24-20(25)13-28-22(26)18-7-4-10-27-18/h1-7,10,15H,8-9,11,13H2,(H,24,25). The number of hydrogen-bond acceptors (Lipinski definition) is 6. The number of nitrogens with zero attached hydrogens (tertiary/aromatic N) is 1. The summed E-state index contributed by atoms with van der Waals surface area (Å²) in [6.07, 6.45) is 3.98. The van der Waals surface area contributed by atoms with Crippen molar-refractivity contribution in [1.82, 2.24) is 0 Å². The van der Waals surface area contributed by atoms with Gasteiger partial charge in [-0.15, -0.1) is 11.3 Å². The molecule has 0 spiro atoms. The van der Waals surface area contributed by atoms with E-state index in [0.29, 0.717) is 16.5 Å². The predicted octanol–water partition coefficient (Wildman–Crippen LogP) is 4.28. The molecule has 1 amide bonds. The Hall–Kier alpha value is -3.37. The minimum Gasteiger partial charge on any atom is -0.457 e. The fourth-order valence-electron chi connectivity index (χ4n) is 3.56. The number of thiophene rings is 1. The average Bonchev–Trinajstić information content (AvgIpc) is 3.40. The topological polar surface area (TPSA) is 92.3 Å². The molecular weight excluding hydrogens is 388 g/mol. The summed E-state index contributed by atoms with van der Waals surface area (Å²) in [5, 5.41) is 12.9. The fourth-order valence-corrected chi connectivity index (χ4v) is 4.86. The molecule has 1 unspecified atom stereocenters. The van der Waals surface area contributed by atoms with E-state index in [9.17, 15) is 14.9 Å². The van der Waals surface area contributed by atoms with Crippen LogP contribution in [0.2, 0.25) is 0 Å². The van der Waals surface area contributed by atoms with Gasteiger partial charge in [-0.3, -0.25) is 4.79 Å². The number of nitrogens with one attached hydrogen (secondary N) is 1. The minimum absolute atomic E-state index is 0.0362. The van der Waals surface area contributed by atoms with Crippen LogP contribution in [0.3, 0.4) is 0 Å². The molecular formula is C22H18N2O4S. The first-order valence-electron chi connectivity index (χ1n) is 9.25. The quantitative estimate of drug-likeness (QED) is 0.639. The maximum atomic E-state index is 12.2. The number of rotatable bonds is 5. The van der Waals surface area contributed by atoms with E-state index in [4.69, 9.17) is 9.15 Å². The van der Waals surface area contributed by atoms with Gasteiger partial charge in [0.25, 0.3) is 5.91 Å². The third-order valence-corrected chi connectivity index (χ3v) is 6.13. The van der Waals surface area contributed by atoms with Gasteiger partial charge in [-0.1, -0.05) is 30.3 Å². The molecule has 3 aromatic rings. The SMILES string of the molecule is N#Cc1c(NC(=O)COC(=O)c2ccco2)sc2c1CCC(c1ccccc1)C2. The summed E-state index contributed by atoms with van der Waals surface area (Å²) in [6.45, 7) is -0.445. The highest BCUT2D eigenvalue weighted by molar-refractivity contribution is 7.16. The smallest absolute Gasteiger partial charge is 0.374 e. The van der Waals surface area contributed by atoms with E-state index in [2.05, 4.69) is 23.5 Å². The van der Waals surface area contributed by atoms with Gasteiger partial charge >= 0.3 is 5.97 Å². The predicted molar refractivity (Wildman–Crippen MR) is 108 cm³/mol. The number of esters is 1. The third kappa shape index (κ3) is 4.08. The van der Waals surface area contributed by atoms with Gasteiger partial charge in [0.15, 0.2) is 6.61 Å². The normalized spacial score (nSPS) is 15.2. The van der Waals surface area contributed by atoms with Crippen LogP contribution < -0.4 is 5.32 Å². The summed E-state index contributed by atoms with van der Waals surface area (Å²) in [5.74, 6) is -0.748. The molecule has 4 rings (SSSR count). The van der Waals surface area contributed by atoms with Gasteiger partial charge in [0.1, 0.15) is 11.1 Å². The summed E-state index contributed by atoms with van der Waals surface area (Å²) in [5.41, 5.74) is 2.83. The Kier molecular flexibility index (Phi) is 5.45. The van der Waals surface area contributed by atoms with E-state index in [1.807, 2.05) is 18.2 Å². The van der Waals surface area contributed by atoms with E-state index < -0.39 is 18.5 Å². The van der Waals surface area contributed by atoms with E-state index in [1.54, 1.807) is 6.07 Å². The molecule has 7 heteroatoms. The third-order valence-electron chi connectivity index (χ3n) is 4.96. The van der Waals surface area contributed by atoms with E-state index in [-0.39, 0.29) is 5.76 Å². The Morgan fingerprint density at radius 1 is 1.24 bits per heavy atom. The molecule has 0 aliphatic heterocycles. The van der Waals surface area contributed by atoms with Crippen LogP contribution in [0, 0.1) is 11.3 Å². The summed E-state index contributed by atoms with van der Waals surface area (Å²) in [4.78, 5) is 25.1. The summed E-state index contributed by atoms with van der Waals surface area (Å²) >= 11 is 1.43. The maximum Gasteiger partial charge on any atom is 0.374 e. The van der Waals surface area contributed by atoms with E-state index in [0.717, 1.165) is 29.7 Å². The van der Waals surface area contributed by atoms with Crippen molar-refractivity contribution in [2.75, 3.05) is 11.9 Å². The monoisotopic (exact) mass is 406 g/mol. The molecule has 146 valence electrons. The zero-order valence-electron chi connectivity index (χ0n) is 15.5. The van der Waals surface area contributed by atoms with Gasteiger partial charge in [0, 0.05) is 4.88 Å². The van der Waals surface area contributed by atoms with Crippen molar-refractivity contribution in [3.63, 3.8) is 0 Å². The molecule has 0 saturated carbocycles. The molecule has 1 aliphatic rings. The van der Waals surface area contributed by atoms with E-state index >= 15 is 0 Å². The Labute approximate surface area is 171 Å². The number of carbonyl (C=O) groups excluding carboxylic acids is 2. The van der Waals surface area contributed by atoms with Crippen LogP contribution in [-0.4, -0.2) is 18.5 Å². The Morgan fingerprint density at radius 2 is 2.07 bits per heavy atom. The maximum absolute atomic E-state index is 12.2. The molecule has 0 fully saturated rings. The van der Waals surface area contributed by atoms with Crippen LogP contribution in [0.25, 0.3) is 0 Å². The molecule has 29 heavy (non-hydrogen) atoms. The zero-order chi connectivity index (χ0) is 20.2. The average molecular weight is 406 g/mol. The number of furan rings is 1. The second kappa shape index (κ2) is 8.33. The Morgan fingerprint density at radius 3 is 2.79 bits per heavy atom. The Bertz CT molecular complexity index is 1060. The molecule has 2 heterocycles. The molecule has 6 nitrogen and oxygen atoms in total. The molecule has 1 atom stereocenters. The number of anilines is 1.